The van der Waals surface area contributed by atoms with Crippen molar-refractivity contribution in [1.82, 2.24) is 9.97 Å². The Balaban J connectivity index is 1.86. The van der Waals surface area contributed by atoms with Crippen LogP contribution in [0.5, 0.6) is 5.75 Å². The van der Waals surface area contributed by atoms with Crippen LogP contribution in [0.1, 0.15) is 5.82 Å². The van der Waals surface area contributed by atoms with Gasteiger partial charge < -0.3 is 4.74 Å². The third-order valence-corrected chi connectivity index (χ3v) is 5.36. The van der Waals surface area contributed by atoms with Crippen LogP contribution in [0.2, 0.25) is 5.15 Å². The second-order valence-electron chi connectivity index (χ2n) is 4.06. The van der Waals surface area contributed by atoms with Crippen LogP contribution in [0, 0.1) is 0 Å². The van der Waals surface area contributed by atoms with Crippen molar-refractivity contribution in [2.75, 3.05) is 0 Å². The van der Waals surface area contributed by atoms with Gasteiger partial charge in [0.25, 0.3) is 0 Å². The van der Waals surface area contributed by atoms with E-state index in [0.717, 1.165) is 23.6 Å². The molecule has 0 unspecified atom stereocenters. The fourth-order valence-electron chi connectivity index (χ4n) is 1.73. The van der Waals surface area contributed by atoms with E-state index in [9.17, 15) is 0 Å². The van der Waals surface area contributed by atoms with E-state index < -0.39 is 0 Å². The van der Waals surface area contributed by atoms with Crippen molar-refractivity contribution in [3.8, 4) is 5.75 Å². The lowest BCUT2D eigenvalue weighted by Gasteiger charge is -2.10. The lowest BCUT2D eigenvalue weighted by atomic mass is 10.3. The first-order chi connectivity index (χ1) is 10.0. The Morgan fingerprint density at radius 3 is 2.57 bits per heavy atom. The van der Waals surface area contributed by atoms with E-state index >= 15 is 0 Å². The lowest BCUT2D eigenvalue weighted by Crippen LogP contribution is -2.02. The van der Waals surface area contributed by atoms with Gasteiger partial charge in [-0.05, 0) is 55.4 Å². The van der Waals surface area contributed by atoms with Crippen LogP contribution in [0.15, 0.2) is 37.0 Å². The summed E-state index contributed by atoms with van der Waals surface area (Å²) < 4.78 is 8.43. The number of benzene rings is 1. The fourth-order valence-corrected chi connectivity index (χ4v) is 5.31. The van der Waals surface area contributed by atoms with Gasteiger partial charge in [-0.15, -0.1) is 11.3 Å². The van der Waals surface area contributed by atoms with Gasteiger partial charge >= 0.3 is 0 Å². The number of thiophene rings is 1. The molecule has 3 aromatic rings. The SMILES string of the molecule is Clc1nc(COc2c(Br)cc(Br)cc2Br)nc2sccc12. The van der Waals surface area contributed by atoms with Crippen molar-refractivity contribution in [3.05, 3.63) is 48.0 Å². The zero-order valence-electron chi connectivity index (χ0n) is 10.2. The van der Waals surface area contributed by atoms with Gasteiger partial charge in [-0.25, -0.2) is 9.97 Å². The number of aromatic nitrogens is 2. The Morgan fingerprint density at radius 1 is 1.14 bits per heavy atom. The first-order valence-electron chi connectivity index (χ1n) is 5.71. The lowest BCUT2D eigenvalue weighted by molar-refractivity contribution is 0.292. The van der Waals surface area contributed by atoms with Gasteiger partial charge in [-0.3, -0.25) is 0 Å². The quantitative estimate of drug-likeness (QED) is 0.391. The smallest absolute Gasteiger partial charge is 0.169 e. The molecule has 0 spiro atoms. The highest BCUT2D eigenvalue weighted by atomic mass is 79.9. The van der Waals surface area contributed by atoms with Crippen LogP contribution in [-0.4, -0.2) is 9.97 Å². The second-order valence-corrected chi connectivity index (χ2v) is 7.93. The summed E-state index contributed by atoms with van der Waals surface area (Å²) in [6, 6.07) is 5.74. The summed E-state index contributed by atoms with van der Waals surface area (Å²) in [7, 11) is 0. The van der Waals surface area contributed by atoms with Crippen LogP contribution < -0.4 is 4.74 Å². The molecule has 0 radical (unpaired) electrons. The molecule has 0 N–H and O–H groups in total. The molecule has 0 aliphatic heterocycles. The molecule has 8 heteroatoms. The molecule has 0 bridgehead atoms. The topological polar surface area (TPSA) is 35.0 Å². The molecule has 0 fully saturated rings. The summed E-state index contributed by atoms with van der Waals surface area (Å²) in [4.78, 5) is 9.57. The molecule has 0 saturated heterocycles. The van der Waals surface area contributed by atoms with Gasteiger partial charge in [0.2, 0.25) is 0 Å². The maximum Gasteiger partial charge on any atom is 0.169 e. The molecule has 0 atom stereocenters. The minimum absolute atomic E-state index is 0.242. The predicted octanol–water partition coefficient (Wildman–Crippen LogP) is 6.21. The molecule has 0 aliphatic carbocycles. The Morgan fingerprint density at radius 2 is 1.86 bits per heavy atom. The summed E-state index contributed by atoms with van der Waals surface area (Å²) in [5.74, 6) is 1.25. The standard InChI is InChI=1S/C13H6Br3ClN2OS/c14-6-3-8(15)11(9(16)4-6)20-5-10-18-12(17)7-1-2-21-13(7)19-10/h1-4H,5H2. The number of ether oxygens (including phenoxy) is 1. The Hall–Kier alpha value is -0.210. The average molecular weight is 513 g/mol. The first-order valence-corrected chi connectivity index (χ1v) is 9.35. The van der Waals surface area contributed by atoms with Crippen molar-refractivity contribution in [1.29, 1.82) is 0 Å². The molecule has 0 amide bonds. The number of nitrogens with zero attached hydrogens (tertiary/aromatic N) is 2. The average Bonchev–Trinajstić information content (AvgIpc) is 2.86. The number of halogens is 4. The third kappa shape index (κ3) is 3.42. The summed E-state index contributed by atoms with van der Waals surface area (Å²) in [6.07, 6.45) is 0. The summed E-state index contributed by atoms with van der Waals surface area (Å²) in [5.41, 5.74) is 0. The molecule has 3 nitrogen and oxygen atoms in total. The zero-order chi connectivity index (χ0) is 15.0. The molecule has 108 valence electrons. The third-order valence-electron chi connectivity index (χ3n) is 2.63. The zero-order valence-corrected chi connectivity index (χ0v) is 16.6. The molecule has 0 saturated carbocycles. The van der Waals surface area contributed by atoms with E-state index in [4.69, 9.17) is 16.3 Å². The largest absolute Gasteiger partial charge is 0.483 e. The summed E-state index contributed by atoms with van der Waals surface area (Å²) >= 11 is 18.0. The highest BCUT2D eigenvalue weighted by Crippen LogP contribution is 2.37. The van der Waals surface area contributed by atoms with Gasteiger partial charge in [0, 0.05) is 9.86 Å². The van der Waals surface area contributed by atoms with Crippen molar-refractivity contribution in [2.24, 2.45) is 0 Å². The second kappa shape index (κ2) is 6.50. The summed E-state index contributed by atoms with van der Waals surface area (Å²) in [6.45, 7) is 0.242. The predicted molar refractivity (Wildman–Crippen MR) is 96.3 cm³/mol. The minimum Gasteiger partial charge on any atom is -0.483 e. The van der Waals surface area contributed by atoms with Crippen LogP contribution in [0.3, 0.4) is 0 Å². The van der Waals surface area contributed by atoms with Gasteiger partial charge in [0.15, 0.2) is 5.82 Å². The normalized spacial score (nSPS) is 11.0. The van der Waals surface area contributed by atoms with E-state index in [1.807, 2.05) is 23.6 Å². The van der Waals surface area contributed by atoms with Crippen LogP contribution >= 0.6 is 70.7 Å². The van der Waals surface area contributed by atoms with Crippen molar-refractivity contribution >= 4 is 80.9 Å². The van der Waals surface area contributed by atoms with Crippen molar-refractivity contribution < 1.29 is 4.74 Å². The van der Waals surface area contributed by atoms with Crippen LogP contribution in [0.4, 0.5) is 0 Å². The Kier molecular flexibility index (Phi) is 4.85. The molecule has 2 aromatic heterocycles. The van der Waals surface area contributed by atoms with Gasteiger partial charge in [0.1, 0.15) is 22.3 Å². The highest BCUT2D eigenvalue weighted by molar-refractivity contribution is 9.11. The van der Waals surface area contributed by atoms with Crippen LogP contribution in [-0.2, 0) is 6.61 Å². The molecule has 3 rings (SSSR count). The van der Waals surface area contributed by atoms with Crippen LogP contribution in [0.25, 0.3) is 10.2 Å². The maximum atomic E-state index is 6.14. The van der Waals surface area contributed by atoms with E-state index in [0.29, 0.717) is 16.7 Å². The van der Waals surface area contributed by atoms with E-state index in [1.54, 1.807) is 0 Å². The van der Waals surface area contributed by atoms with E-state index in [2.05, 4.69) is 57.8 Å². The monoisotopic (exact) mass is 510 g/mol. The van der Waals surface area contributed by atoms with Gasteiger partial charge in [-0.1, -0.05) is 27.5 Å². The number of rotatable bonds is 3. The molecule has 2 heterocycles. The number of hydrogen-bond donors (Lipinski definition) is 0. The van der Waals surface area contributed by atoms with Gasteiger partial charge in [-0.2, -0.15) is 0 Å². The molecular weight excluding hydrogens is 507 g/mol. The fraction of sp³-hybridized carbons (Fsp3) is 0.0769. The first kappa shape index (κ1) is 15.7. The Bertz CT molecular complexity index is 801. The molecular formula is C13H6Br3ClN2OS. The van der Waals surface area contributed by atoms with Crippen molar-refractivity contribution in [3.63, 3.8) is 0 Å². The molecule has 0 aliphatic rings. The highest BCUT2D eigenvalue weighted by Gasteiger charge is 2.11. The van der Waals surface area contributed by atoms with Crippen molar-refractivity contribution in [2.45, 2.75) is 6.61 Å². The van der Waals surface area contributed by atoms with E-state index in [1.165, 1.54) is 11.3 Å². The number of fused-ring (bicyclic) bond motifs is 1. The Labute approximate surface area is 155 Å². The molecule has 1 aromatic carbocycles. The van der Waals surface area contributed by atoms with E-state index in [-0.39, 0.29) is 6.61 Å². The van der Waals surface area contributed by atoms with Gasteiger partial charge in [0.05, 0.1) is 8.95 Å². The minimum atomic E-state index is 0.242. The summed E-state index contributed by atoms with van der Waals surface area (Å²) in [5, 5.41) is 3.27. The molecule has 21 heavy (non-hydrogen) atoms. The maximum absolute atomic E-state index is 6.14. The number of hydrogen-bond acceptors (Lipinski definition) is 4.